The Balaban J connectivity index is 2.53. The number of hydrogen-bond acceptors (Lipinski definition) is 2. The summed E-state index contributed by atoms with van der Waals surface area (Å²) in [6.07, 6.45) is 1.36. The molecular formula is C16H14ClNO. The molecule has 0 aliphatic carbocycles. The lowest BCUT2D eigenvalue weighted by atomic mass is 10.0. The fourth-order valence-electron chi connectivity index (χ4n) is 1.79. The Kier molecular flexibility index (Phi) is 4.37. The van der Waals surface area contributed by atoms with Crippen LogP contribution in [-0.4, -0.2) is 11.4 Å². The van der Waals surface area contributed by atoms with Crippen LogP contribution >= 0.6 is 11.6 Å². The van der Waals surface area contributed by atoms with Crippen molar-refractivity contribution in [2.24, 2.45) is 5.16 Å². The van der Waals surface area contributed by atoms with Gasteiger partial charge >= 0.3 is 0 Å². The highest BCUT2D eigenvalue weighted by molar-refractivity contribution is 6.56. The number of allylic oxidation sites excluding steroid dienone is 1. The summed E-state index contributed by atoms with van der Waals surface area (Å²) in [7, 11) is 0. The largest absolute Gasteiger partial charge is 0.411 e. The summed E-state index contributed by atoms with van der Waals surface area (Å²) in [6.45, 7) is 2.02. The van der Waals surface area contributed by atoms with Crippen molar-refractivity contribution in [3.05, 3.63) is 71.3 Å². The van der Waals surface area contributed by atoms with E-state index in [1.807, 2.05) is 61.5 Å². The minimum Gasteiger partial charge on any atom is -0.411 e. The van der Waals surface area contributed by atoms with Crippen molar-refractivity contribution >= 4 is 28.4 Å². The van der Waals surface area contributed by atoms with Crippen LogP contribution < -0.4 is 0 Å². The van der Waals surface area contributed by atoms with Crippen LogP contribution in [0.1, 0.15) is 16.7 Å². The molecule has 2 aromatic carbocycles. The number of halogens is 1. The van der Waals surface area contributed by atoms with E-state index in [-0.39, 0.29) is 0 Å². The number of rotatable bonds is 3. The van der Waals surface area contributed by atoms with Crippen molar-refractivity contribution in [1.29, 1.82) is 0 Å². The van der Waals surface area contributed by atoms with E-state index < -0.39 is 0 Å². The van der Waals surface area contributed by atoms with E-state index in [9.17, 15) is 0 Å². The van der Waals surface area contributed by atoms with E-state index in [4.69, 9.17) is 16.8 Å². The summed E-state index contributed by atoms with van der Waals surface area (Å²) in [5, 5.41) is 12.5. The molecular weight excluding hydrogens is 258 g/mol. The predicted molar refractivity (Wildman–Crippen MR) is 80.6 cm³/mol. The minimum atomic E-state index is 0.559. The van der Waals surface area contributed by atoms with E-state index >= 15 is 0 Å². The molecule has 0 spiro atoms. The topological polar surface area (TPSA) is 32.6 Å². The molecule has 96 valence electrons. The molecule has 0 unspecified atom stereocenters. The van der Waals surface area contributed by atoms with Crippen molar-refractivity contribution in [3.63, 3.8) is 0 Å². The first-order valence-electron chi connectivity index (χ1n) is 5.92. The van der Waals surface area contributed by atoms with Gasteiger partial charge in [-0.2, -0.15) is 0 Å². The molecule has 0 aliphatic rings. The van der Waals surface area contributed by atoms with Gasteiger partial charge in [-0.3, -0.25) is 0 Å². The summed E-state index contributed by atoms with van der Waals surface area (Å²) in [6, 6.07) is 17.5. The highest BCUT2D eigenvalue weighted by atomic mass is 35.5. The molecule has 0 heterocycles. The fourth-order valence-corrected chi connectivity index (χ4v) is 2.07. The average Bonchev–Trinajstić information content (AvgIpc) is 2.46. The first-order chi connectivity index (χ1) is 9.22. The number of aryl methyl sites for hydroxylation is 1. The van der Waals surface area contributed by atoms with Gasteiger partial charge in [0.05, 0.1) is 11.2 Å². The van der Waals surface area contributed by atoms with Gasteiger partial charge in [0.2, 0.25) is 0 Å². The van der Waals surface area contributed by atoms with Crippen LogP contribution in [0.5, 0.6) is 0 Å². The second-order valence-electron chi connectivity index (χ2n) is 4.20. The van der Waals surface area contributed by atoms with Crippen LogP contribution in [-0.2, 0) is 0 Å². The standard InChI is InChI=1S/C16H14ClNO/c1-12-7-9-14(10-8-12)16(17)15(11-18-19)13-5-3-2-4-6-13/h2-11,19H,1H3/b16-15-,18-11-. The number of benzene rings is 2. The predicted octanol–water partition coefficient (Wildman–Crippen LogP) is 4.56. The lowest BCUT2D eigenvalue weighted by Gasteiger charge is -2.07. The van der Waals surface area contributed by atoms with Gasteiger partial charge in [0.25, 0.3) is 0 Å². The second kappa shape index (κ2) is 6.21. The van der Waals surface area contributed by atoms with Crippen LogP contribution in [0.3, 0.4) is 0 Å². The number of nitrogens with zero attached hydrogens (tertiary/aromatic N) is 1. The minimum absolute atomic E-state index is 0.559. The maximum absolute atomic E-state index is 8.81. The third-order valence-corrected chi connectivity index (χ3v) is 3.23. The van der Waals surface area contributed by atoms with Gasteiger partial charge in [0, 0.05) is 5.57 Å². The molecule has 0 aromatic heterocycles. The van der Waals surface area contributed by atoms with Crippen LogP contribution in [0.15, 0.2) is 59.8 Å². The highest BCUT2D eigenvalue weighted by Gasteiger charge is 2.08. The van der Waals surface area contributed by atoms with Gasteiger partial charge in [-0.25, -0.2) is 0 Å². The average molecular weight is 272 g/mol. The SMILES string of the molecule is Cc1ccc(/C(Cl)=C(\C=N/O)c2ccccc2)cc1. The molecule has 1 N–H and O–H groups in total. The van der Waals surface area contributed by atoms with Crippen LogP contribution in [0.4, 0.5) is 0 Å². The van der Waals surface area contributed by atoms with Gasteiger partial charge in [-0.05, 0) is 18.1 Å². The Morgan fingerprint density at radius 2 is 1.63 bits per heavy atom. The smallest absolute Gasteiger partial charge is 0.0755 e. The summed E-state index contributed by atoms with van der Waals surface area (Å²) in [5.74, 6) is 0. The van der Waals surface area contributed by atoms with Gasteiger partial charge < -0.3 is 5.21 Å². The maximum Gasteiger partial charge on any atom is 0.0755 e. The van der Waals surface area contributed by atoms with Crippen LogP contribution in [0.25, 0.3) is 10.6 Å². The third-order valence-electron chi connectivity index (χ3n) is 2.81. The van der Waals surface area contributed by atoms with Gasteiger partial charge in [-0.1, -0.05) is 76.9 Å². The summed E-state index contributed by atoms with van der Waals surface area (Å²) in [4.78, 5) is 0. The molecule has 0 atom stereocenters. The Labute approximate surface area is 117 Å². The molecule has 0 bridgehead atoms. The zero-order valence-electron chi connectivity index (χ0n) is 10.5. The molecule has 0 radical (unpaired) electrons. The Hall–Kier alpha value is -2.06. The Morgan fingerprint density at radius 1 is 1.00 bits per heavy atom. The normalized spacial score (nSPS) is 12.5. The van der Waals surface area contributed by atoms with Gasteiger partial charge in [0.15, 0.2) is 0 Å². The molecule has 2 aromatic rings. The molecule has 0 fully saturated rings. The highest BCUT2D eigenvalue weighted by Crippen LogP contribution is 2.28. The van der Waals surface area contributed by atoms with E-state index in [1.165, 1.54) is 11.8 Å². The van der Waals surface area contributed by atoms with Crippen LogP contribution in [0.2, 0.25) is 0 Å². The zero-order valence-corrected chi connectivity index (χ0v) is 11.3. The van der Waals surface area contributed by atoms with Crippen molar-refractivity contribution in [1.82, 2.24) is 0 Å². The van der Waals surface area contributed by atoms with E-state index in [1.54, 1.807) is 0 Å². The maximum atomic E-state index is 8.81. The van der Waals surface area contributed by atoms with E-state index in [0.29, 0.717) is 10.6 Å². The molecule has 2 nitrogen and oxygen atoms in total. The van der Waals surface area contributed by atoms with E-state index in [2.05, 4.69) is 5.16 Å². The lowest BCUT2D eigenvalue weighted by molar-refractivity contribution is 0.322. The van der Waals surface area contributed by atoms with Gasteiger partial charge in [0.1, 0.15) is 0 Å². The third kappa shape index (κ3) is 3.24. The Bertz CT molecular complexity index is 600. The van der Waals surface area contributed by atoms with Crippen molar-refractivity contribution in [3.8, 4) is 0 Å². The quantitative estimate of drug-likeness (QED) is 0.377. The first-order valence-corrected chi connectivity index (χ1v) is 6.30. The van der Waals surface area contributed by atoms with Crippen molar-refractivity contribution < 1.29 is 5.21 Å². The van der Waals surface area contributed by atoms with Crippen molar-refractivity contribution in [2.75, 3.05) is 0 Å². The lowest BCUT2D eigenvalue weighted by Crippen LogP contribution is -1.90. The second-order valence-corrected chi connectivity index (χ2v) is 4.58. The van der Waals surface area contributed by atoms with Crippen LogP contribution in [0, 0.1) is 6.92 Å². The molecule has 0 saturated carbocycles. The first kappa shape index (κ1) is 13.4. The fraction of sp³-hybridized carbons (Fsp3) is 0.0625. The molecule has 19 heavy (non-hydrogen) atoms. The molecule has 0 aliphatic heterocycles. The Morgan fingerprint density at radius 3 is 2.21 bits per heavy atom. The summed E-state index contributed by atoms with van der Waals surface area (Å²) in [5.41, 5.74) is 3.66. The number of hydrogen-bond donors (Lipinski definition) is 1. The zero-order chi connectivity index (χ0) is 13.7. The summed E-state index contributed by atoms with van der Waals surface area (Å²) >= 11 is 6.42. The molecule has 0 saturated heterocycles. The molecule has 2 rings (SSSR count). The van der Waals surface area contributed by atoms with E-state index in [0.717, 1.165) is 11.1 Å². The number of oxime groups is 1. The molecule has 3 heteroatoms. The monoisotopic (exact) mass is 271 g/mol. The summed E-state index contributed by atoms with van der Waals surface area (Å²) < 4.78 is 0. The van der Waals surface area contributed by atoms with Gasteiger partial charge in [-0.15, -0.1) is 0 Å². The molecule has 0 amide bonds. The van der Waals surface area contributed by atoms with Crippen molar-refractivity contribution in [2.45, 2.75) is 6.92 Å².